The molecule has 0 fully saturated rings. The van der Waals surface area contributed by atoms with Gasteiger partial charge in [-0.05, 0) is 0 Å². The number of carbonyl (C=O) groups excluding carboxylic acids is 2. The number of thiazole rings is 1. The summed E-state index contributed by atoms with van der Waals surface area (Å²) in [5.74, 6) is -1.18. The van der Waals surface area contributed by atoms with Crippen LogP contribution in [0.1, 0.15) is 0 Å². The minimum Gasteiger partial charge on any atom is -0.853 e. The van der Waals surface area contributed by atoms with Gasteiger partial charge in [-0.2, -0.15) is 0 Å². The number of thioether (sulfide) groups is 1. The van der Waals surface area contributed by atoms with Crippen molar-refractivity contribution in [2.24, 2.45) is 4.99 Å². The molecule has 2 rings (SSSR count). The van der Waals surface area contributed by atoms with Crippen LogP contribution in [0.25, 0.3) is 0 Å². The third kappa shape index (κ3) is 4.28. The van der Waals surface area contributed by atoms with Crippen LogP contribution in [0.2, 0.25) is 0 Å². The topological polar surface area (TPSA) is 94.5 Å². The molecule has 6 nitrogen and oxygen atoms in total. The monoisotopic (exact) mass is 293 g/mol. The maximum Gasteiger partial charge on any atom is 1.00 e. The maximum atomic E-state index is 11.4. The molecule has 0 radical (unpaired) electrons. The second-order valence-electron chi connectivity index (χ2n) is 2.62. The van der Waals surface area contributed by atoms with Crippen molar-refractivity contribution in [3.63, 3.8) is 0 Å². The first-order chi connectivity index (χ1) is 7.65. The van der Waals surface area contributed by atoms with E-state index in [0.717, 1.165) is 6.08 Å². The minimum absolute atomic E-state index is 0. The van der Waals surface area contributed by atoms with E-state index < -0.39 is 17.0 Å². The van der Waals surface area contributed by atoms with E-state index in [4.69, 9.17) is 0 Å². The van der Waals surface area contributed by atoms with Crippen LogP contribution in [0.5, 0.6) is 0 Å². The molecule has 0 saturated carbocycles. The molecule has 0 saturated heterocycles. The van der Waals surface area contributed by atoms with Gasteiger partial charge in [0.05, 0.1) is 4.91 Å². The number of aromatic nitrogens is 1. The van der Waals surface area contributed by atoms with Gasteiger partial charge in [0.15, 0.2) is 5.13 Å². The molecule has 0 aliphatic carbocycles. The van der Waals surface area contributed by atoms with E-state index >= 15 is 0 Å². The molecule has 0 unspecified atom stereocenters. The fraction of sp³-hybridized carbons (Fsp3) is 0. The number of nitrogens with one attached hydrogen (secondary N) is 1. The van der Waals surface area contributed by atoms with Crippen molar-refractivity contribution >= 4 is 45.3 Å². The standard InChI is InChI=1S/C8H5N3O3S2.K/c12-5(10-7-9-1-2-15-7)3-4-6(13)11-8(14)16-4;/h1-3H,(H,9,10,12)(H,11,13,14);/q;+1/p-1/b4-3-;. The molecule has 0 bridgehead atoms. The van der Waals surface area contributed by atoms with Gasteiger partial charge >= 0.3 is 51.4 Å². The molecule has 1 aliphatic heterocycles. The molecule has 1 aromatic heterocycles. The summed E-state index contributed by atoms with van der Waals surface area (Å²) in [5, 5.41) is 14.8. The first-order valence-electron chi connectivity index (χ1n) is 4.05. The SMILES string of the molecule is O=C(/C=C1\SC([O-])=NC1=O)Nc1nccs1.[K+]. The average Bonchev–Trinajstić information content (AvgIpc) is 2.78. The largest absolute Gasteiger partial charge is 1.00 e. The van der Waals surface area contributed by atoms with Crippen LogP contribution < -0.4 is 61.8 Å². The van der Waals surface area contributed by atoms with Gasteiger partial charge in [-0.3, -0.25) is 14.9 Å². The Labute approximate surface area is 147 Å². The van der Waals surface area contributed by atoms with E-state index in [2.05, 4.69) is 15.3 Å². The van der Waals surface area contributed by atoms with Gasteiger partial charge in [-0.15, -0.1) is 11.3 Å². The molecule has 1 N–H and O–H groups in total. The zero-order valence-electron chi connectivity index (χ0n) is 8.67. The summed E-state index contributed by atoms with van der Waals surface area (Å²) < 4.78 is 0. The summed E-state index contributed by atoms with van der Waals surface area (Å²) in [4.78, 5) is 29.4. The number of hydrogen-bond donors (Lipinski definition) is 1. The minimum atomic E-state index is -0.677. The molecule has 1 aliphatic rings. The number of aliphatic imine (C=N–C) groups is 1. The van der Waals surface area contributed by atoms with Crippen molar-refractivity contribution in [1.82, 2.24) is 4.98 Å². The smallest absolute Gasteiger partial charge is 0.853 e. The molecule has 9 heteroatoms. The van der Waals surface area contributed by atoms with Gasteiger partial charge in [-0.25, -0.2) is 9.98 Å². The second-order valence-corrected chi connectivity index (χ2v) is 4.51. The van der Waals surface area contributed by atoms with Crippen LogP contribution in [0, 0.1) is 0 Å². The van der Waals surface area contributed by atoms with Crippen molar-refractivity contribution in [3.05, 3.63) is 22.6 Å². The van der Waals surface area contributed by atoms with Crippen LogP contribution in [-0.2, 0) is 9.59 Å². The molecule has 17 heavy (non-hydrogen) atoms. The maximum absolute atomic E-state index is 11.4. The summed E-state index contributed by atoms with van der Waals surface area (Å²) in [5.41, 5.74) is 0. The van der Waals surface area contributed by atoms with E-state index in [1.165, 1.54) is 11.3 Å². The third-order valence-electron chi connectivity index (χ3n) is 1.53. The third-order valence-corrected chi connectivity index (χ3v) is 2.99. The van der Waals surface area contributed by atoms with Gasteiger partial charge in [0, 0.05) is 22.9 Å². The Morgan fingerprint density at radius 3 is 2.82 bits per heavy atom. The van der Waals surface area contributed by atoms with Crippen molar-refractivity contribution in [2.75, 3.05) is 5.32 Å². The van der Waals surface area contributed by atoms with E-state index in [1.54, 1.807) is 11.6 Å². The van der Waals surface area contributed by atoms with Crippen molar-refractivity contribution in [1.29, 1.82) is 0 Å². The Bertz CT molecular complexity index is 498. The Hall–Kier alpha value is -0.0336. The van der Waals surface area contributed by atoms with E-state index in [9.17, 15) is 14.7 Å². The molecule has 82 valence electrons. The normalized spacial score (nSPS) is 16.6. The van der Waals surface area contributed by atoms with Gasteiger partial charge < -0.3 is 5.11 Å². The zero-order chi connectivity index (χ0) is 11.5. The summed E-state index contributed by atoms with van der Waals surface area (Å²) in [7, 11) is 0. The quantitative estimate of drug-likeness (QED) is 0.462. The second kappa shape index (κ2) is 6.78. The Morgan fingerprint density at radius 2 is 2.29 bits per heavy atom. The van der Waals surface area contributed by atoms with E-state index in [1.807, 2.05) is 0 Å². The van der Waals surface area contributed by atoms with E-state index in [-0.39, 0.29) is 56.3 Å². The Morgan fingerprint density at radius 1 is 1.53 bits per heavy atom. The fourth-order valence-corrected chi connectivity index (χ4v) is 2.08. The molecule has 2 heterocycles. The summed E-state index contributed by atoms with van der Waals surface area (Å²) in [6.07, 6.45) is 2.59. The van der Waals surface area contributed by atoms with Gasteiger partial charge in [-0.1, -0.05) is 11.8 Å². The molecular weight excluding hydrogens is 289 g/mol. The average molecular weight is 293 g/mol. The Balaban J connectivity index is 0.00000144. The molecule has 1 aromatic rings. The van der Waals surface area contributed by atoms with Crippen LogP contribution in [0.4, 0.5) is 5.13 Å². The molecule has 0 spiro atoms. The molecular formula is C8H4KN3O3S2. The van der Waals surface area contributed by atoms with Gasteiger partial charge in [0.25, 0.3) is 11.8 Å². The summed E-state index contributed by atoms with van der Waals surface area (Å²) in [6, 6.07) is 0. The van der Waals surface area contributed by atoms with Gasteiger partial charge in [0.2, 0.25) is 0 Å². The number of hydrogen-bond acceptors (Lipinski definition) is 6. The molecule has 2 amide bonds. The Kier molecular flexibility index (Phi) is 5.99. The zero-order valence-corrected chi connectivity index (χ0v) is 13.4. The number of amides is 2. The van der Waals surface area contributed by atoms with Crippen molar-refractivity contribution in [2.45, 2.75) is 0 Å². The predicted molar refractivity (Wildman–Crippen MR) is 58.9 cm³/mol. The first kappa shape index (κ1) is 15.0. The number of carbonyl (C=O) groups is 2. The van der Waals surface area contributed by atoms with Crippen LogP contribution in [-0.4, -0.2) is 22.0 Å². The van der Waals surface area contributed by atoms with Gasteiger partial charge in [0.1, 0.15) is 0 Å². The fourth-order valence-electron chi connectivity index (χ4n) is 0.935. The van der Waals surface area contributed by atoms with Crippen LogP contribution in [0.3, 0.4) is 0 Å². The summed E-state index contributed by atoms with van der Waals surface area (Å²) in [6.45, 7) is 0. The van der Waals surface area contributed by atoms with Crippen molar-refractivity contribution < 1.29 is 66.1 Å². The first-order valence-corrected chi connectivity index (χ1v) is 5.75. The number of anilines is 1. The van der Waals surface area contributed by atoms with E-state index in [0.29, 0.717) is 16.9 Å². The number of rotatable bonds is 2. The number of nitrogens with zero attached hydrogens (tertiary/aromatic N) is 2. The summed E-state index contributed by atoms with van der Waals surface area (Å²) >= 11 is 1.90. The van der Waals surface area contributed by atoms with Crippen LogP contribution in [0.15, 0.2) is 27.6 Å². The van der Waals surface area contributed by atoms with Crippen LogP contribution >= 0.6 is 23.1 Å². The molecule has 0 atom stereocenters. The predicted octanol–water partition coefficient (Wildman–Crippen LogP) is -3.04. The molecule has 0 aromatic carbocycles. The van der Waals surface area contributed by atoms with Crippen molar-refractivity contribution in [3.8, 4) is 0 Å².